The van der Waals surface area contributed by atoms with Crippen LogP contribution in [0, 0.1) is 24.7 Å². The van der Waals surface area contributed by atoms with Crippen LogP contribution in [0.3, 0.4) is 0 Å². The zero-order valence-corrected chi connectivity index (χ0v) is 63.7. The van der Waals surface area contributed by atoms with Gasteiger partial charge in [0.15, 0.2) is 28.9 Å². The minimum atomic E-state index is -1.55. The maximum Gasteiger partial charge on any atom is 0.414 e. The fraction of sp³-hybridized carbons (Fsp3) is 0.525. The maximum absolute atomic E-state index is 13.4. The van der Waals surface area contributed by atoms with Crippen molar-refractivity contribution in [3.63, 3.8) is 0 Å². The third-order valence-electron chi connectivity index (χ3n) is 17.5. The summed E-state index contributed by atoms with van der Waals surface area (Å²) in [5.74, 6) is -6.09. The summed E-state index contributed by atoms with van der Waals surface area (Å²) in [6.07, 6.45) is 11.8. The second-order valence-electron chi connectivity index (χ2n) is 29.4. The van der Waals surface area contributed by atoms with Crippen molar-refractivity contribution in [2.75, 3.05) is 34.8 Å². The number of phenols is 2. The van der Waals surface area contributed by atoms with Crippen LogP contribution in [0.4, 0.5) is 26.7 Å². The number of phenolic OH excluding ortho intramolecular Hbond substituents is 2. The predicted molar refractivity (Wildman–Crippen MR) is 395 cm³/mol. The second kappa shape index (κ2) is 35.8. The molecule has 568 valence electrons. The number of hydrogen-bond donors (Lipinski definition) is 5. The fourth-order valence-corrected chi connectivity index (χ4v) is 11.6. The van der Waals surface area contributed by atoms with Crippen molar-refractivity contribution in [1.29, 1.82) is 0 Å². The average molecular weight is 1450 g/mol. The van der Waals surface area contributed by atoms with Gasteiger partial charge in [0.2, 0.25) is 0 Å². The number of aliphatic hydroxyl groups is 2. The van der Waals surface area contributed by atoms with E-state index in [4.69, 9.17) is 42.6 Å². The molecule has 0 aliphatic carbocycles. The number of esters is 3. The van der Waals surface area contributed by atoms with Gasteiger partial charge >= 0.3 is 30.1 Å². The number of aromatic hydroxyl groups is 2. The lowest BCUT2D eigenvalue weighted by Crippen LogP contribution is -2.37. The smallest absolute Gasteiger partial charge is 0.414 e. The molecule has 5 heterocycles. The maximum atomic E-state index is 13.4. The third-order valence-corrected chi connectivity index (χ3v) is 17.5. The van der Waals surface area contributed by atoms with Crippen molar-refractivity contribution in [1.82, 2.24) is 0 Å². The summed E-state index contributed by atoms with van der Waals surface area (Å²) >= 11 is 0. The number of ketones is 3. The molecule has 0 radical (unpaired) electrons. The minimum absolute atomic E-state index is 0.00656. The number of hydrogen-bond acceptors (Lipinski definition) is 22. The molecule has 0 spiro atoms. The number of rotatable bonds is 6. The van der Waals surface area contributed by atoms with Crippen LogP contribution in [0.15, 0.2) is 91.1 Å². The molecule has 5 N–H and O–H groups in total. The molecule has 104 heavy (non-hydrogen) atoms. The molecule has 2 fully saturated rings. The van der Waals surface area contributed by atoms with Crippen LogP contribution in [-0.4, -0.2) is 165 Å². The van der Waals surface area contributed by atoms with Gasteiger partial charge in [-0.2, -0.15) is 0 Å². The number of amides is 2. The van der Waals surface area contributed by atoms with E-state index in [1.807, 2.05) is 67.5 Å². The molecule has 0 unspecified atom stereocenters. The molecule has 5 aliphatic rings. The largest absolute Gasteiger partial charge is 0.507 e. The van der Waals surface area contributed by atoms with Crippen LogP contribution in [0.1, 0.15) is 204 Å². The Bertz CT molecular complexity index is 3630. The molecule has 0 aromatic heterocycles. The number of cyclic esters (lactones) is 3. The van der Waals surface area contributed by atoms with Gasteiger partial charge in [0.05, 0.1) is 29.6 Å². The van der Waals surface area contributed by atoms with Gasteiger partial charge in [-0.05, 0) is 202 Å². The molecular weight excluding hydrogens is 1340 g/mol. The summed E-state index contributed by atoms with van der Waals surface area (Å²) in [7, 11) is 0. The van der Waals surface area contributed by atoms with E-state index in [1.165, 1.54) is 52.3 Å². The van der Waals surface area contributed by atoms with Gasteiger partial charge in [0.25, 0.3) is 0 Å². The highest BCUT2D eigenvalue weighted by atomic mass is 16.8. The van der Waals surface area contributed by atoms with E-state index in [1.54, 1.807) is 138 Å². The van der Waals surface area contributed by atoms with Crippen LogP contribution >= 0.6 is 0 Å². The monoisotopic (exact) mass is 1450 g/mol. The highest BCUT2D eigenvalue weighted by Gasteiger charge is 2.45. The van der Waals surface area contributed by atoms with Gasteiger partial charge in [-0.1, -0.05) is 75.5 Å². The Hall–Kier alpha value is -8.78. The molecule has 5 aliphatic heterocycles. The molecule has 3 aromatic rings. The minimum Gasteiger partial charge on any atom is -0.507 e. The lowest BCUT2D eigenvalue weighted by Gasteiger charge is -2.27. The molecule has 2 saturated heterocycles. The highest BCUT2D eigenvalue weighted by molar-refractivity contribution is 6.01. The first kappa shape index (κ1) is 84.2. The number of aliphatic hydroxyl groups excluding tert-OH is 2. The molecule has 8 rings (SSSR count). The zero-order chi connectivity index (χ0) is 77.7. The quantitative estimate of drug-likeness (QED) is 0.113. The van der Waals surface area contributed by atoms with E-state index >= 15 is 0 Å². The number of anilines is 3. The number of nitrogens with zero attached hydrogens (tertiary/aromatic N) is 2. The Morgan fingerprint density at radius 3 is 1.28 bits per heavy atom. The highest BCUT2D eigenvalue weighted by Crippen LogP contribution is 2.38. The molecule has 2 amide bonds. The normalized spacial score (nSPS) is 27.7. The van der Waals surface area contributed by atoms with Crippen molar-refractivity contribution in [3.05, 3.63) is 130 Å². The van der Waals surface area contributed by atoms with Gasteiger partial charge in [-0.25, -0.2) is 24.0 Å². The summed E-state index contributed by atoms with van der Waals surface area (Å²) in [6, 6.07) is 9.69. The second-order valence-corrected chi connectivity index (χ2v) is 29.4. The molecule has 0 bridgehead atoms. The van der Waals surface area contributed by atoms with Crippen LogP contribution in [0.25, 0.3) is 18.2 Å². The van der Waals surface area contributed by atoms with Crippen molar-refractivity contribution < 1.29 is 101 Å². The van der Waals surface area contributed by atoms with Gasteiger partial charge in [0.1, 0.15) is 70.5 Å². The van der Waals surface area contributed by atoms with E-state index < -0.39 is 114 Å². The van der Waals surface area contributed by atoms with E-state index in [9.17, 15) is 58.8 Å². The predicted octanol–water partition coefficient (Wildman–Crippen LogP) is 13.7. The van der Waals surface area contributed by atoms with Crippen LogP contribution < -0.4 is 15.1 Å². The summed E-state index contributed by atoms with van der Waals surface area (Å²) in [5, 5.41) is 44.5. The fourth-order valence-electron chi connectivity index (χ4n) is 11.6. The van der Waals surface area contributed by atoms with Crippen molar-refractivity contribution >= 4 is 82.7 Å². The van der Waals surface area contributed by atoms with Gasteiger partial charge in [-0.15, -0.1) is 0 Å². The van der Waals surface area contributed by atoms with E-state index in [0.717, 1.165) is 0 Å². The summed E-state index contributed by atoms with van der Waals surface area (Å²) in [4.78, 5) is 106. The number of carbonyl (C=O) groups is 8. The lowest BCUT2D eigenvalue weighted by molar-refractivity contribution is -0.152. The summed E-state index contributed by atoms with van der Waals surface area (Å²) < 4.78 is 51.9. The Morgan fingerprint density at radius 2 is 0.875 bits per heavy atom. The van der Waals surface area contributed by atoms with E-state index in [2.05, 4.69) is 5.32 Å². The Balaban J connectivity index is 0.000000248. The van der Waals surface area contributed by atoms with Crippen LogP contribution in [-0.2, 0) is 57.0 Å². The number of fused-ring (bicyclic) bond motifs is 5. The topological polar surface area (TPSA) is 319 Å². The van der Waals surface area contributed by atoms with Crippen molar-refractivity contribution in [2.24, 2.45) is 17.8 Å². The lowest BCUT2D eigenvalue weighted by atomic mass is 9.97. The number of ether oxygens (including phenoxy) is 9. The number of benzene rings is 3. The van der Waals surface area contributed by atoms with Crippen molar-refractivity contribution in [3.8, 4) is 11.5 Å². The average Bonchev–Trinajstić information content (AvgIpc) is 1.66. The van der Waals surface area contributed by atoms with E-state index in [-0.39, 0.29) is 64.9 Å². The number of carbonyl (C=O) groups excluding carboxylic acids is 8. The van der Waals surface area contributed by atoms with Gasteiger partial charge < -0.3 is 68.4 Å². The molecule has 12 atom stereocenters. The first-order valence-corrected chi connectivity index (χ1v) is 35.5. The molecule has 0 saturated carbocycles. The molecular formula is C80H107N3O21. The number of aryl methyl sites for hydroxylation is 1. The summed E-state index contributed by atoms with van der Waals surface area (Å²) in [5.41, 5.74) is 2.66. The summed E-state index contributed by atoms with van der Waals surface area (Å²) in [6.45, 7) is 37.1. The number of nitrogens with one attached hydrogen (secondary N) is 1. The Kier molecular flexibility index (Phi) is 29.0. The molecule has 24 heteroatoms. The van der Waals surface area contributed by atoms with Crippen LogP contribution in [0.5, 0.6) is 11.5 Å². The standard InChI is InChI=1S/C30H41NO7.C29H39NO8.C21H27NO6/c1-10-31(28(34)38-29(5,6)7)22-16-19(3)25-21(17-22)12-11-13-24-26(37-30(8,9)36-24)23(32)15-14-18(2)20(4)35-27(25)33;1-9-30(27(34)38-28(4,5)6)20-15-19-11-10-12-23-25(37-29(7,8)36-23)21(31)14-13-17(2)18(3)35-26(33)24(19)22(32)16-20;1-4-22-15-10-14-6-5-7-16(23)20(26)17(24)9-8-12(2)13(3)28-21(27)19(14)18(25)11-15/h11-12,14-18,20,24,26H,10,13H2,1-9H3;10-11,13-18,23,25,32H,9,12H2,1-8H3;5-6,8-13,16,20,22-23,25-26H,4,7H2,1-3H3/b12-11+,15-14-;11-10+,14-13-;6-5+,9-8-/t18-,20+,24+,26-;17-,18+,23+,25-;12-,13+,16+,20+/m111/s1. The third kappa shape index (κ3) is 23.1. The van der Waals surface area contributed by atoms with Crippen molar-refractivity contribution in [2.45, 2.75) is 235 Å². The first-order chi connectivity index (χ1) is 48.5. The van der Waals surface area contributed by atoms with Gasteiger partial charge in [-0.3, -0.25) is 24.2 Å². The van der Waals surface area contributed by atoms with Crippen LogP contribution in [0.2, 0.25) is 0 Å². The molecule has 3 aromatic carbocycles. The first-order valence-electron chi connectivity index (χ1n) is 35.5. The Labute approximate surface area is 611 Å². The molecule has 24 nitrogen and oxygen atoms in total. The van der Waals surface area contributed by atoms with Gasteiger partial charge in [0, 0.05) is 60.9 Å². The SMILES string of the molecule is CCN(C(=O)OC(C)(C)C)c1cc(C)c2c(c1)/C=C/C[C@@H]1OC(C)(C)O[C@@H]1C(=O)/C=C\[C@@H](C)[C@H](C)OC2=O.CCN(C(=O)OC(C)(C)C)c1cc(O)c2c(c1)/C=C/C[C@@H]1OC(C)(C)O[C@@H]1C(=O)/C=C\[C@@H](C)[C@H](C)OC2=O.CCNc1cc(O)c2c(c1)/C=C/C[C@H](O)[C@H](O)C(=O)/C=C\[C@@H](C)[C@H](C)OC2=O. The van der Waals surface area contributed by atoms with E-state index in [0.29, 0.717) is 70.8 Å². The zero-order valence-electron chi connectivity index (χ0n) is 63.7. The Morgan fingerprint density at radius 1 is 0.510 bits per heavy atom.